The van der Waals surface area contributed by atoms with Gasteiger partial charge < -0.3 is 15.3 Å². The maximum Gasteiger partial charge on any atom is 0.322 e. The zero-order chi connectivity index (χ0) is 15.4. The highest BCUT2D eigenvalue weighted by atomic mass is 79.9. The Labute approximate surface area is 132 Å². The summed E-state index contributed by atoms with van der Waals surface area (Å²) in [7, 11) is 0. The zero-order valence-corrected chi connectivity index (χ0v) is 13.5. The van der Waals surface area contributed by atoms with Gasteiger partial charge in [0.2, 0.25) is 0 Å². The fourth-order valence-corrected chi connectivity index (χ4v) is 2.98. The third-order valence-corrected chi connectivity index (χ3v) is 4.78. The fraction of sp³-hybridized carbons (Fsp3) is 0.467. The summed E-state index contributed by atoms with van der Waals surface area (Å²) in [5.41, 5.74) is 1.74. The first-order valence-corrected chi connectivity index (χ1v) is 7.83. The van der Waals surface area contributed by atoms with Crippen LogP contribution in [0.3, 0.4) is 0 Å². The monoisotopic (exact) mass is 354 g/mol. The predicted octanol–water partition coefficient (Wildman–Crippen LogP) is 3.62. The number of amides is 2. The predicted molar refractivity (Wildman–Crippen MR) is 84.5 cm³/mol. The molecule has 0 saturated carbocycles. The molecule has 0 spiro atoms. The zero-order valence-electron chi connectivity index (χ0n) is 11.9. The van der Waals surface area contributed by atoms with E-state index >= 15 is 0 Å². The Morgan fingerprint density at radius 2 is 2.19 bits per heavy atom. The van der Waals surface area contributed by atoms with E-state index < -0.39 is 5.97 Å². The summed E-state index contributed by atoms with van der Waals surface area (Å²) in [6, 6.07) is 5.20. The van der Waals surface area contributed by atoms with Gasteiger partial charge in [-0.05, 0) is 53.7 Å². The van der Waals surface area contributed by atoms with E-state index in [1.165, 1.54) is 0 Å². The minimum Gasteiger partial charge on any atom is -0.481 e. The van der Waals surface area contributed by atoms with Gasteiger partial charge in [0, 0.05) is 17.1 Å². The first-order valence-electron chi connectivity index (χ1n) is 7.03. The molecule has 1 atom stereocenters. The molecular weight excluding hydrogens is 336 g/mol. The number of aliphatic carboxylic acids is 1. The number of carbonyl (C=O) groups is 2. The number of piperidine rings is 1. The van der Waals surface area contributed by atoms with E-state index in [-0.39, 0.29) is 18.5 Å². The summed E-state index contributed by atoms with van der Waals surface area (Å²) in [4.78, 5) is 25.0. The molecule has 2 N–H and O–H groups in total. The molecule has 0 bridgehead atoms. The number of nitrogens with zero attached hydrogens (tertiary/aromatic N) is 1. The van der Waals surface area contributed by atoms with Gasteiger partial charge in [-0.1, -0.05) is 12.1 Å². The lowest BCUT2D eigenvalue weighted by Crippen LogP contribution is -2.46. The van der Waals surface area contributed by atoms with Crippen LogP contribution in [-0.4, -0.2) is 34.6 Å². The molecule has 1 saturated heterocycles. The smallest absolute Gasteiger partial charge is 0.322 e. The molecule has 2 rings (SSSR count). The SMILES string of the molecule is Cc1cccc(NC(=O)N2CCCCC2CC(=O)O)c1Br. The molecule has 0 aliphatic carbocycles. The van der Waals surface area contributed by atoms with Crippen molar-refractivity contribution in [1.82, 2.24) is 4.90 Å². The maximum atomic E-state index is 12.4. The number of anilines is 1. The van der Waals surface area contributed by atoms with Crippen LogP contribution in [-0.2, 0) is 4.79 Å². The van der Waals surface area contributed by atoms with E-state index in [2.05, 4.69) is 21.2 Å². The summed E-state index contributed by atoms with van der Waals surface area (Å²) in [6.45, 7) is 2.56. The first kappa shape index (κ1) is 15.8. The lowest BCUT2D eigenvalue weighted by atomic mass is 10.00. The van der Waals surface area contributed by atoms with Crippen molar-refractivity contribution in [3.8, 4) is 0 Å². The lowest BCUT2D eigenvalue weighted by molar-refractivity contribution is -0.138. The van der Waals surface area contributed by atoms with Crippen LogP contribution < -0.4 is 5.32 Å². The second-order valence-electron chi connectivity index (χ2n) is 5.31. The molecule has 1 aromatic carbocycles. The third-order valence-electron chi connectivity index (χ3n) is 3.73. The summed E-state index contributed by atoms with van der Waals surface area (Å²) in [5.74, 6) is -0.864. The number of hydrogen-bond acceptors (Lipinski definition) is 2. The van der Waals surface area contributed by atoms with Crippen LogP contribution >= 0.6 is 15.9 Å². The number of carboxylic acids is 1. The lowest BCUT2D eigenvalue weighted by Gasteiger charge is -2.35. The molecule has 114 valence electrons. The summed E-state index contributed by atoms with van der Waals surface area (Å²) < 4.78 is 0.852. The normalized spacial score (nSPS) is 18.4. The molecule has 1 aliphatic rings. The minimum absolute atomic E-state index is 0.00239. The molecule has 1 heterocycles. The molecule has 21 heavy (non-hydrogen) atoms. The summed E-state index contributed by atoms with van der Waals surface area (Å²) in [5, 5.41) is 11.8. The third kappa shape index (κ3) is 3.97. The Morgan fingerprint density at radius 3 is 2.90 bits per heavy atom. The van der Waals surface area contributed by atoms with Gasteiger partial charge in [0.15, 0.2) is 0 Å². The van der Waals surface area contributed by atoms with E-state index in [9.17, 15) is 9.59 Å². The van der Waals surface area contributed by atoms with E-state index in [0.29, 0.717) is 12.2 Å². The average molecular weight is 355 g/mol. The summed E-state index contributed by atoms with van der Waals surface area (Å²) in [6.07, 6.45) is 2.63. The standard InChI is InChI=1S/C15H19BrN2O3/c1-10-5-4-7-12(14(10)16)17-15(21)18-8-3-2-6-11(18)9-13(19)20/h4-5,7,11H,2-3,6,8-9H2,1H3,(H,17,21)(H,19,20). The number of halogens is 1. The summed E-state index contributed by atoms with van der Waals surface area (Å²) >= 11 is 3.46. The molecule has 1 unspecified atom stereocenters. The maximum absolute atomic E-state index is 12.4. The van der Waals surface area contributed by atoms with Crippen LogP contribution in [0.1, 0.15) is 31.2 Å². The second kappa shape index (κ2) is 6.93. The molecule has 5 nitrogen and oxygen atoms in total. The number of nitrogens with one attached hydrogen (secondary N) is 1. The largest absolute Gasteiger partial charge is 0.481 e. The second-order valence-corrected chi connectivity index (χ2v) is 6.10. The van der Waals surface area contributed by atoms with Crippen molar-refractivity contribution in [2.45, 2.75) is 38.6 Å². The number of hydrogen-bond donors (Lipinski definition) is 2. The van der Waals surface area contributed by atoms with E-state index in [0.717, 1.165) is 29.3 Å². The van der Waals surface area contributed by atoms with Crippen molar-refractivity contribution in [2.24, 2.45) is 0 Å². The van der Waals surface area contributed by atoms with Gasteiger partial charge >= 0.3 is 12.0 Å². The minimum atomic E-state index is -0.864. The van der Waals surface area contributed by atoms with Gasteiger partial charge in [0.05, 0.1) is 12.1 Å². The van der Waals surface area contributed by atoms with Gasteiger partial charge in [0.25, 0.3) is 0 Å². The molecule has 0 radical (unpaired) electrons. The van der Waals surface area contributed by atoms with Crippen LogP contribution in [0.2, 0.25) is 0 Å². The Hall–Kier alpha value is -1.56. The number of carbonyl (C=O) groups excluding carboxylic acids is 1. The number of aryl methyl sites for hydroxylation is 1. The van der Waals surface area contributed by atoms with Crippen molar-refractivity contribution >= 4 is 33.6 Å². The Morgan fingerprint density at radius 1 is 1.43 bits per heavy atom. The number of carboxylic acid groups (broad SMARTS) is 1. The number of rotatable bonds is 3. The molecule has 2 amide bonds. The van der Waals surface area contributed by atoms with Crippen molar-refractivity contribution < 1.29 is 14.7 Å². The van der Waals surface area contributed by atoms with Crippen molar-refractivity contribution in [2.75, 3.05) is 11.9 Å². The fourth-order valence-electron chi connectivity index (χ4n) is 2.61. The Bertz CT molecular complexity index is 548. The Kier molecular flexibility index (Phi) is 5.22. The van der Waals surface area contributed by atoms with Crippen LogP contribution in [0.15, 0.2) is 22.7 Å². The quantitative estimate of drug-likeness (QED) is 0.870. The van der Waals surface area contributed by atoms with E-state index in [4.69, 9.17) is 5.11 Å². The van der Waals surface area contributed by atoms with Crippen molar-refractivity contribution in [1.29, 1.82) is 0 Å². The molecular formula is C15H19BrN2O3. The highest BCUT2D eigenvalue weighted by molar-refractivity contribution is 9.10. The number of likely N-dealkylation sites (tertiary alicyclic amines) is 1. The number of benzene rings is 1. The first-order chi connectivity index (χ1) is 9.99. The van der Waals surface area contributed by atoms with Crippen molar-refractivity contribution in [3.63, 3.8) is 0 Å². The van der Waals surface area contributed by atoms with Gasteiger partial charge in [-0.2, -0.15) is 0 Å². The van der Waals surface area contributed by atoms with Crippen LogP contribution in [0.5, 0.6) is 0 Å². The number of urea groups is 1. The molecule has 1 aliphatic heterocycles. The Balaban J connectivity index is 2.10. The molecule has 1 aromatic rings. The van der Waals surface area contributed by atoms with Crippen molar-refractivity contribution in [3.05, 3.63) is 28.2 Å². The molecule has 0 aromatic heterocycles. The van der Waals surface area contributed by atoms with E-state index in [1.54, 1.807) is 4.90 Å². The van der Waals surface area contributed by atoms with Gasteiger partial charge in [0.1, 0.15) is 0 Å². The van der Waals surface area contributed by atoms with Gasteiger partial charge in [-0.15, -0.1) is 0 Å². The highest BCUT2D eigenvalue weighted by Gasteiger charge is 2.28. The van der Waals surface area contributed by atoms with Gasteiger partial charge in [-0.25, -0.2) is 4.79 Å². The van der Waals surface area contributed by atoms with Crippen LogP contribution in [0, 0.1) is 6.92 Å². The van der Waals surface area contributed by atoms with Gasteiger partial charge in [-0.3, -0.25) is 4.79 Å². The van der Waals surface area contributed by atoms with Crippen LogP contribution in [0.4, 0.5) is 10.5 Å². The average Bonchev–Trinajstić information content (AvgIpc) is 2.44. The molecule has 6 heteroatoms. The van der Waals surface area contributed by atoms with E-state index in [1.807, 2.05) is 25.1 Å². The molecule has 1 fully saturated rings. The topological polar surface area (TPSA) is 69.6 Å². The highest BCUT2D eigenvalue weighted by Crippen LogP contribution is 2.27. The van der Waals surface area contributed by atoms with Crippen LogP contribution in [0.25, 0.3) is 0 Å².